The first-order valence-corrected chi connectivity index (χ1v) is 8.04. The van der Waals surface area contributed by atoms with Gasteiger partial charge < -0.3 is 15.0 Å². The Labute approximate surface area is 145 Å². The van der Waals surface area contributed by atoms with Gasteiger partial charge in [-0.1, -0.05) is 30.3 Å². The van der Waals surface area contributed by atoms with Crippen LogP contribution in [0.15, 0.2) is 48.5 Å². The number of anilines is 1. The molecule has 25 heavy (non-hydrogen) atoms. The van der Waals surface area contributed by atoms with E-state index in [1.54, 1.807) is 25.3 Å². The van der Waals surface area contributed by atoms with Gasteiger partial charge in [-0.15, -0.1) is 0 Å². The minimum Gasteiger partial charge on any atom is -0.496 e. The first kappa shape index (κ1) is 17.0. The Kier molecular flexibility index (Phi) is 4.97. The predicted molar refractivity (Wildman–Crippen MR) is 91.7 cm³/mol. The monoisotopic (exact) mass is 342 g/mol. The van der Waals surface area contributed by atoms with Crippen molar-refractivity contribution in [3.63, 3.8) is 0 Å². The van der Waals surface area contributed by atoms with E-state index < -0.39 is 11.7 Å². The number of ether oxygens (including phenoxy) is 1. The van der Waals surface area contributed by atoms with Crippen molar-refractivity contribution in [2.45, 2.75) is 13.0 Å². The van der Waals surface area contributed by atoms with Gasteiger partial charge in [0, 0.05) is 25.1 Å². The van der Waals surface area contributed by atoms with E-state index in [0.29, 0.717) is 12.3 Å². The Hall–Kier alpha value is -2.89. The quantitative estimate of drug-likeness (QED) is 0.908. The van der Waals surface area contributed by atoms with E-state index in [2.05, 4.69) is 5.32 Å². The minimum absolute atomic E-state index is 0.0755. The van der Waals surface area contributed by atoms with Crippen molar-refractivity contribution in [1.82, 2.24) is 5.32 Å². The summed E-state index contributed by atoms with van der Waals surface area (Å²) < 4.78 is 19.1. The van der Waals surface area contributed by atoms with Crippen molar-refractivity contribution < 1.29 is 18.7 Å². The number of halogens is 1. The van der Waals surface area contributed by atoms with E-state index in [9.17, 15) is 14.0 Å². The average molecular weight is 342 g/mol. The third-order valence-electron chi connectivity index (χ3n) is 4.28. The molecule has 1 atom stereocenters. The first-order chi connectivity index (χ1) is 12.1. The summed E-state index contributed by atoms with van der Waals surface area (Å²) in [6, 6.07) is 13.5. The summed E-state index contributed by atoms with van der Waals surface area (Å²) in [5, 5.41) is 2.83. The molecule has 5 nitrogen and oxygen atoms in total. The SMILES string of the molecule is COc1ccccc1CNC(=O)[C@@H]1CC(=O)N(c2ccccc2F)C1. The summed E-state index contributed by atoms with van der Waals surface area (Å²) in [4.78, 5) is 25.9. The second-order valence-corrected chi connectivity index (χ2v) is 5.89. The third kappa shape index (κ3) is 3.63. The van der Waals surface area contributed by atoms with Gasteiger partial charge in [-0.2, -0.15) is 0 Å². The lowest BCUT2D eigenvalue weighted by Crippen LogP contribution is -2.32. The van der Waals surface area contributed by atoms with Crippen LogP contribution in [0.25, 0.3) is 0 Å². The number of carbonyl (C=O) groups is 2. The van der Waals surface area contributed by atoms with E-state index in [1.807, 2.05) is 24.3 Å². The van der Waals surface area contributed by atoms with E-state index >= 15 is 0 Å². The Bertz CT molecular complexity index is 794. The van der Waals surface area contributed by atoms with Crippen molar-refractivity contribution in [3.8, 4) is 5.75 Å². The number of hydrogen-bond donors (Lipinski definition) is 1. The van der Waals surface area contributed by atoms with Gasteiger partial charge in [-0.25, -0.2) is 4.39 Å². The molecule has 6 heteroatoms. The van der Waals surface area contributed by atoms with Gasteiger partial charge in [0.05, 0.1) is 18.7 Å². The maximum absolute atomic E-state index is 13.9. The smallest absolute Gasteiger partial charge is 0.227 e. The minimum atomic E-state index is -0.498. The van der Waals surface area contributed by atoms with Gasteiger partial charge in [0.25, 0.3) is 0 Å². The Balaban J connectivity index is 1.64. The van der Waals surface area contributed by atoms with Gasteiger partial charge in [0.15, 0.2) is 0 Å². The molecule has 2 aromatic carbocycles. The van der Waals surface area contributed by atoms with Crippen molar-refractivity contribution in [2.24, 2.45) is 5.92 Å². The molecule has 1 fully saturated rings. The van der Waals surface area contributed by atoms with Gasteiger partial charge >= 0.3 is 0 Å². The molecule has 0 radical (unpaired) electrons. The summed E-state index contributed by atoms with van der Waals surface area (Å²) >= 11 is 0. The van der Waals surface area contributed by atoms with Crippen LogP contribution in [0.2, 0.25) is 0 Å². The number of nitrogens with zero attached hydrogens (tertiary/aromatic N) is 1. The highest BCUT2D eigenvalue weighted by Crippen LogP contribution is 2.27. The third-order valence-corrected chi connectivity index (χ3v) is 4.28. The normalized spacial score (nSPS) is 16.8. The number of hydrogen-bond acceptors (Lipinski definition) is 3. The van der Waals surface area contributed by atoms with E-state index in [4.69, 9.17) is 4.74 Å². The van der Waals surface area contributed by atoms with Crippen molar-refractivity contribution in [2.75, 3.05) is 18.6 Å². The Morgan fingerprint density at radius 2 is 1.96 bits per heavy atom. The van der Waals surface area contributed by atoms with Crippen LogP contribution < -0.4 is 15.0 Å². The maximum Gasteiger partial charge on any atom is 0.227 e. The second kappa shape index (κ2) is 7.34. The van der Waals surface area contributed by atoms with Crippen molar-refractivity contribution >= 4 is 17.5 Å². The van der Waals surface area contributed by atoms with E-state index in [-0.39, 0.29) is 30.5 Å². The second-order valence-electron chi connectivity index (χ2n) is 5.89. The summed E-state index contributed by atoms with van der Waals surface area (Å²) in [6.07, 6.45) is 0.0755. The number of para-hydroxylation sites is 2. The molecule has 130 valence electrons. The van der Waals surface area contributed by atoms with Crippen LogP contribution >= 0.6 is 0 Å². The molecule has 0 spiro atoms. The van der Waals surface area contributed by atoms with Crippen LogP contribution in [0, 0.1) is 11.7 Å². The Morgan fingerprint density at radius 1 is 1.24 bits per heavy atom. The Morgan fingerprint density at radius 3 is 2.72 bits per heavy atom. The van der Waals surface area contributed by atoms with E-state index in [0.717, 1.165) is 5.56 Å². The molecule has 2 aromatic rings. The number of rotatable bonds is 5. The lowest BCUT2D eigenvalue weighted by molar-refractivity contribution is -0.126. The first-order valence-electron chi connectivity index (χ1n) is 8.04. The van der Waals surface area contributed by atoms with Crippen LogP contribution in [0.5, 0.6) is 5.75 Å². The highest BCUT2D eigenvalue weighted by atomic mass is 19.1. The fraction of sp³-hybridized carbons (Fsp3) is 0.263. The highest BCUT2D eigenvalue weighted by molar-refractivity contribution is 6.00. The fourth-order valence-electron chi connectivity index (χ4n) is 2.96. The molecular formula is C19H19FN2O3. The maximum atomic E-state index is 13.9. The van der Waals surface area contributed by atoms with Crippen LogP contribution in [0.3, 0.4) is 0 Å². The van der Waals surface area contributed by atoms with Gasteiger partial charge in [0.2, 0.25) is 11.8 Å². The molecule has 1 aliphatic heterocycles. The average Bonchev–Trinajstić information content (AvgIpc) is 3.02. The number of benzene rings is 2. The van der Waals surface area contributed by atoms with Gasteiger partial charge in [0.1, 0.15) is 11.6 Å². The van der Waals surface area contributed by atoms with Crippen LogP contribution in [-0.2, 0) is 16.1 Å². The number of amides is 2. The summed E-state index contributed by atoms with van der Waals surface area (Å²) in [6.45, 7) is 0.491. The van der Waals surface area contributed by atoms with Crippen molar-refractivity contribution in [1.29, 1.82) is 0 Å². The summed E-state index contributed by atoms with van der Waals surface area (Å²) in [5.41, 5.74) is 1.07. The molecule has 1 aliphatic rings. The van der Waals surface area contributed by atoms with Crippen LogP contribution in [-0.4, -0.2) is 25.5 Å². The lowest BCUT2D eigenvalue weighted by Gasteiger charge is -2.17. The van der Waals surface area contributed by atoms with Gasteiger partial charge in [-0.3, -0.25) is 9.59 Å². The molecule has 1 N–H and O–H groups in total. The summed E-state index contributed by atoms with van der Waals surface area (Å²) in [7, 11) is 1.57. The fourth-order valence-corrected chi connectivity index (χ4v) is 2.96. The zero-order valence-electron chi connectivity index (χ0n) is 13.9. The van der Waals surface area contributed by atoms with Crippen LogP contribution in [0.4, 0.5) is 10.1 Å². The van der Waals surface area contributed by atoms with E-state index in [1.165, 1.54) is 11.0 Å². The van der Waals surface area contributed by atoms with Crippen molar-refractivity contribution in [3.05, 3.63) is 59.9 Å². The molecule has 0 unspecified atom stereocenters. The number of methoxy groups -OCH3 is 1. The molecule has 1 saturated heterocycles. The largest absolute Gasteiger partial charge is 0.496 e. The van der Waals surface area contributed by atoms with Crippen LogP contribution in [0.1, 0.15) is 12.0 Å². The summed E-state index contributed by atoms with van der Waals surface area (Å²) in [5.74, 6) is -0.744. The zero-order chi connectivity index (χ0) is 17.8. The molecule has 1 heterocycles. The molecule has 2 amide bonds. The molecule has 0 saturated carbocycles. The molecule has 3 rings (SSSR count). The van der Waals surface area contributed by atoms with Gasteiger partial charge in [-0.05, 0) is 18.2 Å². The molecule has 0 aliphatic carbocycles. The standard InChI is InChI=1S/C19H19FN2O3/c1-25-17-9-5-2-6-13(17)11-21-19(24)14-10-18(23)22(12-14)16-8-4-3-7-15(16)20/h2-9,14H,10-12H2,1H3,(H,21,24)/t14-/m1/s1. The highest BCUT2D eigenvalue weighted by Gasteiger charge is 2.36. The topological polar surface area (TPSA) is 58.6 Å². The predicted octanol–water partition coefficient (Wildman–Crippen LogP) is 2.50. The molecule has 0 bridgehead atoms. The number of carbonyl (C=O) groups excluding carboxylic acids is 2. The molecule has 0 aromatic heterocycles. The lowest BCUT2D eigenvalue weighted by atomic mass is 10.1. The molecular weight excluding hydrogens is 323 g/mol. The number of nitrogens with one attached hydrogen (secondary N) is 1. The zero-order valence-corrected chi connectivity index (χ0v) is 13.9.